The molecule has 0 aliphatic rings. The standard InChI is InChI=1S/C15H38O2Si3/c1-12-15(13-2,19(6,7)8)16-18(5)14(3,4)17-20(9,10)11/h18H,12-13H2,1-11H3. The second kappa shape index (κ2) is 6.77. The van der Waals surface area contributed by atoms with Gasteiger partial charge >= 0.3 is 0 Å². The van der Waals surface area contributed by atoms with Gasteiger partial charge in [0.25, 0.3) is 0 Å². The van der Waals surface area contributed by atoms with E-state index in [2.05, 4.69) is 73.5 Å². The molecule has 0 fully saturated rings. The highest BCUT2D eigenvalue weighted by Gasteiger charge is 2.46. The third-order valence-corrected chi connectivity index (χ3v) is 12.5. The Morgan fingerprint density at radius 2 is 1.30 bits per heavy atom. The molecule has 1 atom stereocenters. The van der Waals surface area contributed by atoms with Crippen LogP contribution in [0.5, 0.6) is 0 Å². The van der Waals surface area contributed by atoms with Gasteiger partial charge in [-0.05, 0) is 52.9 Å². The second-order valence-corrected chi connectivity index (χ2v) is 21.3. The molecule has 0 saturated heterocycles. The van der Waals surface area contributed by atoms with E-state index < -0.39 is 25.4 Å². The molecule has 0 N–H and O–H groups in total. The molecular weight excluding hydrogens is 296 g/mol. The van der Waals surface area contributed by atoms with Gasteiger partial charge < -0.3 is 8.85 Å². The molecule has 20 heavy (non-hydrogen) atoms. The quantitative estimate of drug-likeness (QED) is 0.584. The first-order chi connectivity index (χ1) is 8.71. The summed E-state index contributed by atoms with van der Waals surface area (Å²) in [5.74, 6) is 0. The molecule has 0 amide bonds. The lowest BCUT2D eigenvalue weighted by atomic mass is 10.2. The predicted octanol–water partition coefficient (Wildman–Crippen LogP) is 4.96. The minimum Gasteiger partial charge on any atom is -0.415 e. The minimum absolute atomic E-state index is 0.0836. The van der Waals surface area contributed by atoms with Crippen LogP contribution in [0.2, 0.25) is 45.8 Å². The van der Waals surface area contributed by atoms with Crippen molar-refractivity contribution in [1.29, 1.82) is 0 Å². The van der Waals surface area contributed by atoms with Crippen molar-refractivity contribution in [2.45, 2.75) is 96.8 Å². The Hall–Kier alpha value is 0.571. The lowest BCUT2D eigenvalue weighted by molar-refractivity contribution is 0.0881. The fourth-order valence-electron chi connectivity index (χ4n) is 3.01. The summed E-state index contributed by atoms with van der Waals surface area (Å²) in [6.07, 6.45) is 2.25. The van der Waals surface area contributed by atoms with Crippen LogP contribution in [0, 0.1) is 0 Å². The summed E-state index contributed by atoms with van der Waals surface area (Å²) < 4.78 is 13.2. The fraction of sp³-hybridized carbons (Fsp3) is 1.00. The topological polar surface area (TPSA) is 18.5 Å². The van der Waals surface area contributed by atoms with Gasteiger partial charge in [0.1, 0.15) is 0 Å². The Balaban J connectivity index is 5.16. The van der Waals surface area contributed by atoms with Gasteiger partial charge in [0.05, 0.1) is 13.3 Å². The first kappa shape index (κ1) is 20.6. The maximum absolute atomic E-state index is 6.81. The Morgan fingerprint density at radius 3 is 1.55 bits per heavy atom. The van der Waals surface area contributed by atoms with E-state index >= 15 is 0 Å². The predicted molar refractivity (Wildman–Crippen MR) is 99.3 cm³/mol. The first-order valence-electron chi connectivity index (χ1n) is 8.09. The zero-order valence-electron chi connectivity index (χ0n) is 15.8. The van der Waals surface area contributed by atoms with Crippen molar-refractivity contribution in [2.75, 3.05) is 0 Å². The van der Waals surface area contributed by atoms with Crippen LogP contribution in [0.25, 0.3) is 0 Å². The van der Waals surface area contributed by atoms with Crippen molar-refractivity contribution < 1.29 is 8.85 Å². The van der Waals surface area contributed by atoms with E-state index in [1.54, 1.807) is 0 Å². The summed E-state index contributed by atoms with van der Waals surface area (Å²) in [7, 11) is -4.32. The van der Waals surface area contributed by atoms with Gasteiger partial charge in [-0.1, -0.05) is 33.5 Å². The van der Waals surface area contributed by atoms with E-state index in [0.717, 1.165) is 12.8 Å². The van der Waals surface area contributed by atoms with Crippen molar-refractivity contribution in [3.05, 3.63) is 0 Å². The number of hydrogen-bond acceptors (Lipinski definition) is 2. The summed E-state index contributed by atoms with van der Waals surface area (Å²) in [4.78, 5) is 0. The summed E-state index contributed by atoms with van der Waals surface area (Å²) >= 11 is 0. The third-order valence-electron chi connectivity index (χ3n) is 4.46. The summed E-state index contributed by atoms with van der Waals surface area (Å²) in [5.41, 5.74) is 0. The molecule has 0 heterocycles. The van der Waals surface area contributed by atoms with Gasteiger partial charge in [-0.15, -0.1) is 0 Å². The Morgan fingerprint density at radius 1 is 0.900 bits per heavy atom. The van der Waals surface area contributed by atoms with E-state index in [1.807, 2.05) is 0 Å². The van der Waals surface area contributed by atoms with Crippen molar-refractivity contribution in [3.63, 3.8) is 0 Å². The lowest BCUT2D eigenvalue weighted by Crippen LogP contribution is -2.60. The average Bonchev–Trinajstić information content (AvgIpc) is 2.20. The van der Waals surface area contributed by atoms with Gasteiger partial charge in [-0.25, -0.2) is 0 Å². The Kier molecular flexibility index (Phi) is 6.96. The van der Waals surface area contributed by atoms with Crippen molar-refractivity contribution >= 4 is 25.4 Å². The number of rotatable bonds is 8. The van der Waals surface area contributed by atoms with E-state index in [4.69, 9.17) is 8.85 Å². The Bertz CT molecular complexity index is 299. The molecule has 0 aromatic heterocycles. The van der Waals surface area contributed by atoms with Crippen molar-refractivity contribution in [2.24, 2.45) is 0 Å². The fourth-order valence-corrected chi connectivity index (χ4v) is 11.7. The normalized spacial score (nSPS) is 16.4. The second-order valence-electron chi connectivity index (χ2n) is 8.53. The maximum atomic E-state index is 6.81. The Labute approximate surface area is 131 Å². The molecule has 0 saturated carbocycles. The van der Waals surface area contributed by atoms with Crippen LogP contribution in [0.3, 0.4) is 0 Å². The maximum Gasteiger partial charge on any atom is 0.204 e. The molecule has 2 nitrogen and oxygen atoms in total. The molecule has 0 radical (unpaired) electrons. The summed E-state index contributed by atoms with van der Waals surface area (Å²) in [6.45, 7) is 25.5. The van der Waals surface area contributed by atoms with Gasteiger partial charge in [0.15, 0.2) is 8.32 Å². The van der Waals surface area contributed by atoms with Crippen LogP contribution in [-0.2, 0) is 8.85 Å². The van der Waals surface area contributed by atoms with Gasteiger partial charge in [0.2, 0.25) is 9.04 Å². The van der Waals surface area contributed by atoms with Crippen LogP contribution in [-0.4, -0.2) is 35.9 Å². The highest BCUT2D eigenvalue weighted by molar-refractivity contribution is 6.79. The van der Waals surface area contributed by atoms with Crippen LogP contribution < -0.4 is 0 Å². The largest absolute Gasteiger partial charge is 0.415 e. The molecule has 0 aromatic carbocycles. The molecular formula is C15H38O2Si3. The zero-order valence-corrected chi connectivity index (χ0v) is 19.0. The highest BCUT2D eigenvalue weighted by Crippen LogP contribution is 2.35. The molecule has 0 spiro atoms. The SMILES string of the molecule is CCC(CC)(O[SiH](C)C(C)(C)O[Si](C)(C)C)[Si](C)(C)C. The van der Waals surface area contributed by atoms with E-state index in [0.29, 0.717) is 0 Å². The molecule has 0 bridgehead atoms. The molecule has 1 unspecified atom stereocenters. The number of hydrogen-bond donors (Lipinski definition) is 0. The van der Waals surface area contributed by atoms with Gasteiger partial charge in [-0.3, -0.25) is 0 Å². The van der Waals surface area contributed by atoms with Crippen LogP contribution in [0.4, 0.5) is 0 Å². The molecule has 0 aliphatic carbocycles. The summed E-state index contributed by atoms with van der Waals surface area (Å²) in [6, 6.07) is 0. The van der Waals surface area contributed by atoms with Crippen LogP contribution in [0.1, 0.15) is 40.5 Å². The molecule has 5 heteroatoms. The van der Waals surface area contributed by atoms with Gasteiger partial charge in [0, 0.05) is 5.22 Å². The highest BCUT2D eigenvalue weighted by atomic mass is 28.4. The van der Waals surface area contributed by atoms with E-state index in [1.165, 1.54) is 0 Å². The zero-order chi connectivity index (χ0) is 16.4. The lowest BCUT2D eigenvalue weighted by Gasteiger charge is -2.48. The molecule has 122 valence electrons. The van der Waals surface area contributed by atoms with E-state index in [-0.39, 0.29) is 10.4 Å². The smallest absolute Gasteiger partial charge is 0.204 e. The first-order valence-corrected chi connectivity index (χ1v) is 17.2. The molecule has 0 rings (SSSR count). The van der Waals surface area contributed by atoms with Gasteiger partial charge in [-0.2, -0.15) is 0 Å². The molecule has 0 aromatic rings. The monoisotopic (exact) mass is 334 g/mol. The van der Waals surface area contributed by atoms with Crippen molar-refractivity contribution in [1.82, 2.24) is 0 Å². The third kappa shape index (κ3) is 5.40. The van der Waals surface area contributed by atoms with E-state index in [9.17, 15) is 0 Å². The molecule has 0 aliphatic heterocycles. The minimum atomic E-state index is -1.53. The van der Waals surface area contributed by atoms with Crippen LogP contribution in [0.15, 0.2) is 0 Å². The van der Waals surface area contributed by atoms with Crippen molar-refractivity contribution in [3.8, 4) is 0 Å². The van der Waals surface area contributed by atoms with Crippen LogP contribution >= 0.6 is 0 Å². The summed E-state index contributed by atoms with van der Waals surface area (Å²) in [5, 5.41) is 0.0262. The average molecular weight is 335 g/mol.